The molecule has 0 saturated heterocycles. The normalized spacial score (nSPS) is 14.6. The fourth-order valence-electron chi connectivity index (χ4n) is 2.17. The molecule has 2 aromatic rings. The van der Waals surface area contributed by atoms with Gasteiger partial charge in [-0.05, 0) is 0 Å². The monoisotopic (exact) mass is 262 g/mol. The fourth-order valence-corrected chi connectivity index (χ4v) is 2.79. The molecule has 0 unspecified atom stereocenters. The lowest BCUT2D eigenvalue weighted by Crippen LogP contribution is -2.36. The van der Waals surface area contributed by atoms with Gasteiger partial charge in [0, 0.05) is 37.4 Å². The van der Waals surface area contributed by atoms with E-state index in [4.69, 9.17) is 0 Å². The molecule has 0 spiro atoms. The van der Waals surface area contributed by atoms with Crippen molar-refractivity contribution in [1.82, 2.24) is 19.9 Å². The molecule has 0 atom stereocenters. The van der Waals surface area contributed by atoms with Crippen LogP contribution in [0.5, 0.6) is 0 Å². The zero-order valence-corrected chi connectivity index (χ0v) is 10.7. The molecule has 2 aromatic heterocycles. The summed E-state index contributed by atoms with van der Waals surface area (Å²) in [6, 6.07) is 0. The lowest BCUT2D eigenvalue weighted by molar-refractivity contribution is -0.132. The number of rotatable bonds is 3. The van der Waals surface area contributed by atoms with Gasteiger partial charge in [0.15, 0.2) is 0 Å². The second-order valence-corrected chi connectivity index (χ2v) is 5.30. The van der Waals surface area contributed by atoms with E-state index in [-0.39, 0.29) is 5.91 Å². The van der Waals surface area contributed by atoms with Crippen molar-refractivity contribution < 1.29 is 4.79 Å². The van der Waals surface area contributed by atoms with Crippen LogP contribution < -0.4 is 0 Å². The van der Waals surface area contributed by atoms with Crippen molar-refractivity contribution in [3.8, 4) is 0 Å². The maximum Gasteiger partial charge on any atom is 0.223 e. The average molecular weight is 262 g/mol. The minimum atomic E-state index is 0.199. The van der Waals surface area contributed by atoms with E-state index in [2.05, 4.69) is 15.0 Å². The zero-order chi connectivity index (χ0) is 12.4. The molecule has 3 rings (SSSR count). The summed E-state index contributed by atoms with van der Waals surface area (Å²) in [4.78, 5) is 25.5. The summed E-state index contributed by atoms with van der Waals surface area (Å²) in [5, 5.41) is 2.97. The van der Waals surface area contributed by atoms with E-state index >= 15 is 0 Å². The van der Waals surface area contributed by atoms with Crippen LogP contribution in [0.4, 0.5) is 0 Å². The highest BCUT2D eigenvalue weighted by Crippen LogP contribution is 2.16. The maximum atomic E-state index is 12.1. The van der Waals surface area contributed by atoms with Crippen molar-refractivity contribution >= 4 is 17.2 Å². The standard InChI is InChI=1S/C12H14N4OS/c17-12(2-1-11-13-4-6-18-11)16-5-3-9-10(7-16)15-8-14-9/h4,6,8H,1-3,5,7H2,(H,14,15). The molecular formula is C12H14N4OS. The van der Waals surface area contributed by atoms with E-state index in [9.17, 15) is 4.79 Å². The highest BCUT2D eigenvalue weighted by molar-refractivity contribution is 7.09. The topological polar surface area (TPSA) is 61.9 Å². The van der Waals surface area contributed by atoms with Crippen LogP contribution in [0.2, 0.25) is 0 Å². The van der Waals surface area contributed by atoms with Crippen molar-refractivity contribution in [2.75, 3.05) is 6.54 Å². The Kier molecular flexibility index (Phi) is 3.10. The summed E-state index contributed by atoms with van der Waals surface area (Å²) in [5.74, 6) is 0.199. The molecule has 0 aliphatic carbocycles. The largest absolute Gasteiger partial charge is 0.347 e. The Bertz CT molecular complexity index is 534. The highest BCUT2D eigenvalue weighted by atomic mass is 32.1. The third-order valence-corrected chi connectivity index (χ3v) is 4.00. The highest BCUT2D eigenvalue weighted by Gasteiger charge is 2.21. The van der Waals surface area contributed by atoms with Crippen molar-refractivity contribution in [1.29, 1.82) is 0 Å². The molecule has 94 valence electrons. The van der Waals surface area contributed by atoms with Crippen LogP contribution in [0.25, 0.3) is 0 Å². The summed E-state index contributed by atoms with van der Waals surface area (Å²) < 4.78 is 0. The Morgan fingerprint density at radius 1 is 1.50 bits per heavy atom. The number of hydrogen-bond acceptors (Lipinski definition) is 4. The molecule has 1 N–H and O–H groups in total. The third kappa shape index (κ3) is 2.28. The third-order valence-electron chi connectivity index (χ3n) is 3.16. The fraction of sp³-hybridized carbons (Fsp3) is 0.417. The molecule has 18 heavy (non-hydrogen) atoms. The maximum absolute atomic E-state index is 12.1. The summed E-state index contributed by atoms with van der Waals surface area (Å²) in [6.07, 6.45) is 5.61. The van der Waals surface area contributed by atoms with Gasteiger partial charge in [-0.15, -0.1) is 11.3 Å². The molecule has 0 bridgehead atoms. The van der Waals surface area contributed by atoms with Crippen LogP contribution in [0.3, 0.4) is 0 Å². The van der Waals surface area contributed by atoms with Gasteiger partial charge in [0.1, 0.15) is 0 Å². The number of aromatic amines is 1. The number of hydrogen-bond donors (Lipinski definition) is 1. The average Bonchev–Trinajstić information content (AvgIpc) is 3.05. The molecular weight excluding hydrogens is 248 g/mol. The van der Waals surface area contributed by atoms with E-state index < -0.39 is 0 Å². The lowest BCUT2D eigenvalue weighted by atomic mass is 10.1. The summed E-state index contributed by atoms with van der Waals surface area (Å²) in [7, 11) is 0. The first kappa shape index (κ1) is 11.4. The number of thiazole rings is 1. The molecule has 5 nitrogen and oxygen atoms in total. The quantitative estimate of drug-likeness (QED) is 0.909. The molecule has 0 aromatic carbocycles. The Hall–Kier alpha value is -1.69. The number of nitrogens with one attached hydrogen (secondary N) is 1. The second kappa shape index (κ2) is 4.89. The molecule has 1 aliphatic heterocycles. The number of aromatic nitrogens is 3. The number of carbonyl (C=O) groups is 1. The van der Waals surface area contributed by atoms with Gasteiger partial charge < -0.3 is 9.88 Å². The Labute approximate surface area is 109 Å². The van der Waals surface area contributed by atoms with Gasteiger partial charge in [0.05, 0.1) is 29.3 Å². The first-order valence-corrected chi connectivity index (χ1v) is 6.88. The van der Waals surface area contributed by atoms with Crippen LogP contribution >= 0.6 is 11.3 Å². The first-order valence-electron chi connectivity index (χ1n) is 6.00. The zero-order valence-electron chi connectivity index (χ0n) is 9.93. The predicted octanol–water partition coefficient (Wildman–Crippen LogP) is 1.38. The minimum Gasteiger partial charge on any atom is -0.347 e. The van der Waals surface area contributed by atoms with Crippen LogP contribution in [0, 0.1) is 0 Å². The predicted molar refractivity (Wildman–Crippen MR) is 68.1 cm³/mol. The molecule has 0 saturated carbocycles. The van der Waals surface area contributed by atoms with Crippen LogP contribution in [0.1, 0.15) is 22.8 Å². The van der Waals surface area contributed by atoms with Gasteiger partial charge in [-0.1, -0.05) is 0 Å². The number of aryl methyl sites for hydroxylation is 1. The Morgan fingerprint density at radius 2 is 2.44 bits per heavy atom. The number of imidazole rings is 1. The lowest BCUT2D eigenvalue weighted by Gasteiger charge is -2.26. The van der Waals surface area contributed by atoms with Crippen molar-refractivity contribution in [2.24, 2.45) is 0 Å². The van der Waals surface area contributed by atoms with E-state index in [1.54, 1.807) is 23.9 Å². The van der Waals surface area contributed by atoms with Gasteiger partial charge in [-0.3, -0.25) is 4.79 Å². The SMILES string of the molecule is O=C(CCc1nccs1)N1CCc2nc[nH]c2C1. The molecule has 1 amide bonds. The number of H-pyrrole nitrogens is 1. The van der Waals surface area contributed by atoms with Crippen molar-refractivity contribution in [2.45, 2.75) is 25.8 Å². The Morgan fingerprint density at radius 3 is 3.28 bits per heavy atom. The molecule has 0 radical (unpaired) electrons. The van der Waals surface area contributed by atoms with E-state index in [0.717, 1.165) is 35.8 Å². The van der Waals surface area contributed by atoms with Gasteiger partial charge >= 0.3 is 0 Å². The molecule has 1 aliphatic rings. The molecule has 3 heterocycles. The van der Waals surface area contributed by atoms with E-state index in [0.29, 0.717) is 13.0 Å². The van der Waals surface area contributed by atoms with Gasteiger partial charge in [-0.25, -0.2) is 9.97 Å². The summed E-state index contributed by atoms with van der Waals surface area (Å²) >= 11 is 1.60. The molecule has 0 fully saturated rings. The van der Waals surface area contributed by atoms with Crippen LogP contribution in [-0.4, -0.2) is 32.3 Å². The van der Waals surface area contributed by atoms with E-state index in [1.807, 2.05) is 10.3 Å². The van der Waals surface area contributed by atoms with Crippen molar-refractivity contribution in [3.05, 3.63) is 34.3 Å². The minimum absolute atomic E-state index is 0.199. The molecule has 6 heteroatoms. The van der Waals surface area contributed by atoms with Crippen LogP contribution in [-0.2, 0) is 24.2 Å². The van der Waals surface area contributed by atoms with Crippen molar-refractivity contribution in [3.63, 3.8) is 0 Å². The number of carbonyl (C=O) groups excluding carboxylic acids is 1. The van der Waals surface area contributed by atoms with Gasteiger partial charge in [0.2, 0.25) is 5.91 Å². The number of nitrogens with zero attached hydrogens (tertiary/aromatic N) is 3. The van der Waals surface area contributed by atoms with Gasteiger partial charge in [-0.2, -0.15) is 0 Å². The van der Waals surface area contributed by atoms with E-state index in [1.165, 1.54) is 0 Å². The number of fused-ring (bicyclic) bond motifs is 1. The number of amides is 1. The van der Waals surface area contributed by atoms with Crippen LogP contribution in [0.15, 0.2) is 17.9 Å². The summed E-state index contributed by atoms with van der Waals surface area (Å²) in [5.41, 5.74) is 2.17. The Balaban J connectivity index is 1.57. The summed E-state index contributed by atoms with van der Waals surface area (Å²) in [6.45, 7) is 1.43. The smallest absolute Gasteiger partial charge is 0.223 e. The van der Waals surface area contributed by atoms with Gasteiger partial charge in [0.25, 0.3) is 0 Å². The first-order chi connectivity index (χ1) is 8.83. The second-order valence-electron chi connectivity index (χ2n) is 4.32.